The van der Waals surface area contributed by atoms with E-state index < -0.39 is 10.0 Å². The molecule has 2 fully saturated rings. The largest absolute Gasteiger partial charge is 0.487 e. The van der Waals surface area contributed by atoms with Crippen LogP contribution >= 0.6 is 0 Å². The summed E-state index contributed by atoms with van der Waals surface area (Å²) in [4.78, 5) is 14.7. The SMILES string of the molecule is CC(=O)OC(CN1CC[C@]23c4c5cccc4O[C@H]2[C@@H](N(CC(C)C)S(=O)(=O)Cc2ccccc2)CC[C@H]3[C@H]1C5)c1ccccc1. The van der Waals surface area contributed by atoms with E-state index in [9.17, 15) is 13.2 Å². The van der Waals surface area contributed by atoms with Gasteiger partial charge in [-0.3, -0.25) is 9.69 Å². The highest BCUT2D eigenvalue weighted by Gasteiger charge is 2.66. The smallest absolute Gasteiger partial charge is 0.303 e. The fourth-order valence-corrected chi connectivity index (χ4v) is 11.0. The standard InChI is InChI=1S/C37H44N2O5S/c1-25(2)22-39(45(41,42)24-27-11-6-4-7-12-27)31-18-17-30-32-21-29-15-10-16-33-35(29)37(30,36(31)44-33)19-20-38(32)23-34(43-26(3)40)28-13-8-5-9-14-28/h4-16,25,30-32,34,36H,17-24H2,1-3H3/t30-,31-,32+,34?,36-,37-/m0/s1. The van der Waals surface area contributed by atoms with Crippen LogP contribution in [0.15, 0.2) is 78.9 Å². The Bertz CT molecular complexity index is 1650. The summed E-state index contributed by atoms with van der Waals surface area (Å²) in [5.74, 6) is 1.17. The number of hydrogen-bond acceptors (Lipinski definition) is 6. The number of ether oxygens (including phenoxy) is 2. The minimum atomic E-state index is -3.61. The van der Waals surface area contributed by atoms with Gasteiger partial charge < -0.3 is 9.47 Å². The summed E-state index contributed by atoms with van der Waals surface area (Å²) in [7, 11) is -3.61. The fraction of sp³-hybridized carbons (Fsp3) is 0.486. The van der Waals surface area contributed by atoms with Crippen molar-refractivity contribution < 1.29 is 22.7 Å². The highest BCUT2D eigenvalue weighted by Crippen LogP contribution is 2.63. The number of carbonyl (C=O) groups excluding carboxylic acids is 1. The van der Waals surface area contributed by atoms with Crippen LogP contribution in [0.4, 0.5) is 0 Å². The molecule has 2 aliphatic heterocycles. The van der Waals surface area contributed by atoms with Gasteiger partial charge in [0.15, 0.2) is 0 Å². The third kappa shape index (κ3) is 5.38. The summed E-state index contributed by atoms with van der Waals surface area (Å²) in [6, 6.07) is 26.0. The Morgan fingerprint density at radius 1 is 1.02 bits per heavy atom. The van der Waals surface area contributed by atoms with Gasteiger partial charge in [0.25, 0.3) is 0 Å². The minimum absolute atomic E-state index is 0.00810. The number of sulfonamides is 1. The average Bonchev–Trinajstić information content (AvgIpc) is 3.35. The second-order valence-electron chi connectivity index (χ2n) is 13.9. The lowest BCUT2D eigenvalue weighted by Gasteiger charge is -2.60. The van der Waals surface area contributed by atoms with E-state index in [1.165, 1.54) is 18.1 Å². The highest BCUT2D eigenvalue weighted by molar-refractivity contribution is 7.88. The van der Waals surface area contributed by atoms with Gasteiger partial charge >= 0.3 is 5.97 Å². The molecule has 3 aromatic rings. The second-order valence-corrected chi connectivity index (χ2v) is 15.8. The van der Waals surface area contributed by atoms with Gasteiger partial charge in [-0.05, 0) is 66.8 Å². The number of piperidine rings is 1. The molecule has 8 heteroatoms. The maximum absolute atomic E-state index is 14.2. The van der Waals surface area contributed by atoms with Gasteiger partial charge in [-0.25, -0.2) is 8.42 Å². The monoisotopic (exact) mass is 628 g/mol. The van der Waals surface area contributed by atoms with Gasteiger partial charge in [0.1, 0.15) is 18.0 Å². The first kappa shape index (κ1) is 30.5. The van der Waals surface area contributed by atoms with Gasteiger partial charge in [-0.1, -0.05) is 86.6 Å². The third-order valence-corrected chi connectivity index (χ3v) is 12.5. The molecule has 3 aromatic carbocycles. The molecule has 6 atom stereocenters. The van der Waals surface area contributed by atoms with Crippen LogP contribution in [0.5, 0.6) is 5.75 Å². The Morgan fingerprint density at radius 2 is 1.76 bits per heavy atom. The maximum atomic E-state index is 14.2. The van der Waals surface area contributed by atoms with Crippen LogP contribution in [-0.4, -0.2) is 61.4 Å². The zero-order valence-electron chi connectivity index (χ0n) is 26.5. The van der Waals surface area contributed by atoms with Crippen molar-refractivity contribution in [3.8, 4) is 5.75 Å². The fourth-order valence-electron chi connectivity index (χ4n) is 9.07. The van der Waals surface area contributed by atoms with E-state index in [0.717, 1.165) is 49.1 Å². The molecule has 7 nitrogen and oxygen atoms in total. The predicted octanol–water partition coefficient (Wildman–Crippen LogP) is 5.89. The van der Waals surface area contributed by atoms with E-state index in [2.05, 4.69) is 36.9 Å². The molecule has 45 heavy (non-hydrogen) atoms. The summed E-state index contributed by atoms with van der Waals surface area (Å²) >= 11 is 0. The molecule has 0 radical (unpaired) electrons. The molecule has 0 amide bonds. The second kappa shape index (κ2) is 11.9. The minimum Gasteiger partial charge on any atom is -0.487 e. The number of hydrogen-bond donors (Lipinski definition) is 0. The van der Waals surface area contributed by atoms with E-state index in [1.807, 2.05) is 65.0 Å². The van der Waals surface area contributed by atoms with E-state index in [4.69, 9.17) is 9.47 Å². The lowest BCUT2D eigenvalue weighted by Crippen LogP contribution is -2.69. The van der Waals surface area contributed by atoms with Crippen molar-refractivity contribution in [2.24, 2.45) is 11.8 Å². The highest BCUT2D eigenvalue weighted by atomic mass is 32.2. The van der Waals surface area contributed by atoms with Crippen LogP contribution < -0.4 is 4.74 Å². The topological polar surface area (TPSA) is 76.2 Å². The average molecular weight is 629 g/mol. The normalized spacial score (nSPS) is 27.6. The van der Waals surface area contributed by atoms with Gasteiger partial charge in [-0.15, -0.1) is 0 Å². The van der Waals surface area contributed by atoms with Gasteiger partial charge in [0, 0.05) is 37.0 Å². The first-order valence-corrected chi connectivity index (χ1v) is 18.1. The Hall–Kier alpha value is -3.20. The molecule has 0 aromatic heterocycles. The Balaban J connectivity index is 1.24. The molecule has 1 saturated heterocycles. The van der Waals surface area contributed by atoms with Crippen LogP contribution in [0, 0.1) is 11.8 Å². The third-order valence-electron chi connectivity index (χ3n) is 10.6. The molecular formula is C37H44N2O5S. The molecule has 0 N–H and O–H groups in total. The summed E-state index contributed by atoms with van der Waals surface area (Å²) in [6.07, 6.45) is 2.91. The van der Waals surface area contributed by atoms with Gasteiger partial charge in [0.2, 0.25) is 10.0 Å². The Morgan fingerprint density at radius 3 is 2.47 bits per heavy atom. The molecule has 1 unspecified atom stereocenters. The predicted molar refractivity (Wildman–Crippen MR) is 174 cm³/mol. The number of carbonyl (C=O) groups is 1. The number of nitrogens with zero attached hydrogens (tertiary/aromatic N) is 2. The summed E-state index contributed by atoms with van der Waals surface area (Å²) in [6.45, 7) is 7.62. The molecule has 2 heterocycles. The molecule has 1 saturated carbocycles. The molecule has 2 bridgehead atoms. The van der Waals surface area contributed by atoms with E-state index >= 15 is 0 Å². The van der Waals surface area contributed by atoms with Crippen molar-refractivity contribution >= 4 is 16.0 Å². The van der Waals surface area contributed by atoms with Crippen LogP contribution in [-0.2, 0) is 37.1 Å². The summed E-state index contributed by atoms with van der Waals surface area (Å²) in [5, 5.41) is 0. The van der Waals surface area contributed by atoms with Crippen molar-refractivity contribution in [1.82, 2.24) is 9.21 Å². The van der Waals surface area contributed by atoms with E-state index in [-0.39, 0.29) is 47.3 Å². The summed E-state index contributed by atoms with van der Waals surface area (Å²) in [5.41, 5.74) is 4.21. The molecular weight excluding hydrogens is 584 g/mol. The zero-order valence-corrected chi connectivity index (χ0v) is 27.3. The molecule has 2 aliphatic carbocycles. The quantitative estimate of drug-likeness (QED) is 0.261. The lowest BCUT2D eigenvalue weighted by molar-refractivity contribution is -0.150. The molecule has 4 aliphatic rings. The number of likely N-dealkylation sites (tertiary alicyclic amines) is 1. The lowest BCUT2D eigenvalue weighted by atomic mass is 9.51. The number of esters is 1. The summed E-state index contributed by atoms with van der Waals surface area (Å²) < 4.78 is 43.2. The maximum Gasteiger partial charge on any atom is 0.303 e. The van der Waals surface area contributed by atoms with E-state index in [0.29, 0.717) is 19.0 Å². The van der Waals surface area contributed by atoms with Crippen LogP contribution in [0.25, 0.3) is 0 Å². The first-order chi connectivity index (χ1) is 21.7. The van der Waals surface area contributed by atoms with Crippen molar-refractivity contribution in [1.29, 1.82) is 0 Å². The van der Waals surface area contributed by atoms with Crippen molar-refractivity contribution in [2.45, 2.75) is 81.9 Å². The Kier molecular flexibility index (Phi) is 8.03. The van der Waals surface area contributed by atoms with Gasteiger partial charge in [-0.2, -0.15) is 4.31 Å². The van der Waals surface area contributed by atoms with Crippen LogP contribution in [0.1, 0.15) is 68.4 Å². The molecule has 238 valence electrons. The van der Waals surface area contributed by atoms with E-state index in [1.54, 1.807) is 0 Å². The molecule has 1 spiro atoms. The number of rotatable bonds is 10. The van der Waals surface area contributed by atoms with Crippen molar-refractivity contribution in [3.05, 3.63) is 101 Å². The Labute approximate surface area is 267 Å². The van der Waals surface area contributed by atoms with Crippen molar-refractivity contribution in [2.75, 3.05) is 19.6 Å². The van der Waals surface area contributed by atoms with Crippen LogP contribution in [0.2, 0.25) is 0 Å². The van der Waals surface area contributed by atoms with Gasteiger partial charge in [0.05, 0.1) is 11.8 Å². The zero-order chi connectivity index (χ0) is 31.3. The number of benzene rings is 3. The van der Waals surface area contributed by atoms with Crippen LogP contribution in [0.3, 0.4) is 0 Å². The molecule has 7 rings (SSSR count). The van der Waals surface area contributed by atoms with Crippen molar-refractivity contribution in [3.63, 3.8) is 0 Å². The first-order valence-electron chi connectivity index (χ1n) is 16.5.